The molecule has 2 aliphatic heterocycles. The zero-order valence-corrected chi connectivity index (χ0v) is 20.1. The zero-order chi connectivity index (χ0) is 22.1. The van der Waals surface area contributed by atoms with Crippen LogP contribution in [0.15, 0.2) is 48.7 Å². The summed E-state index contributed by atoms with van der Waals surface area (Å²) in [6.07, 6.45) is 5.43. The van der Waals surface area contributed by atoms with Crippen molar-refractivity contribution in [2.45, 2.75) is 51.7 Å². The molecule has 1 atom stereocenters. The molecule has 2 aliphatic rings. The first-order chi connectivity index (χ1) is 15.6. The SMILES string of the molecule is Cc1cnc(C)c2ccc(-c3ccc(OC4CCN(C(=O)[C@H]5CCCO5)CC4)cc3)cc12.Cl. The van der Waals surface area contributed by atoms with E-state index >= 15 is 0 Å². The predicted octanol–water partition coefficient (Wildman–Crippen LogP) is 5.49. The molecule has 0 N–H and O–H groups in total. The van der Waals surface area contributed by atoms with E-state index in [1.54, 1.807) is 0 Å². The number of benzene rings is 2. The molecule has 174 valence electrons. The summed E-state index contributed by atoms with van der Waals surface area (Å²) in [6.45, 7) is 6.35. The van der Waals surface area contributed by atoms with Gasteiger partial charge in [-0.25, -0.2) is 0 Å². The van der Waals surface area contributed by atoms with E-state index < -0.39 is 0 Å². The number of aryl methyl sites for hydroxylation is 2. The smallest absolute Gasteiger partial charge is 0.251 e. The van der Waals surface area contributed by atoms with E-state index in [4.69, 9.17) is 9.47 Å². The van der Waals surface area contributed by atoms with Crippen molar-refractivity contribution < 1.29 is 14.3 Å². The Labute approximate surface area is 201 Å². The van der Waals surface area contributed by atoms with E-state index in [-0.39, 0.29) is 30.5 Å². The maximum absolute atomic E-state index is 12.5. The van der Waals surface area contributed by atoms with Gasteiger partial charge < -0.3 is 14.4 Å². The highest BCUT2D eigenvalue weighted by Crippen LogP contribution is 2.29. The Morgan fingerprint density at radius 3 is 2.42 bits per heavy atom. The summed E-state index contributed by atoms with van der Waals surface area (Å²) in [5.74, 6) is 1.04. The molecule has 0 bridgehead atoms. The average Bonchev–Trinajstić information content (AvgIpc) is 3.37. The monoisotopic (exact) mass is 466 g/mol. The van der Waals surface area contributed by atoms with Gasteiger partial charge in [-0.3, -0.25) is 9.78 Å². The first-order valence-corrected chi connectivity index (χ1v) is 11.6. The van der Waals surface area contributed by atoms with E-state index in [9.17, 15) is 4.79 Å². The number of nitrogens with zero attached hydrogens (tertiary/aromatic N) is 2. The molecule has 6 heteroatoms. The molecule has 2 aromatic carbocycles. The molecule has 5 nitrogen and oxygen atoms in total. The summed E-state index contributed by atoms with van der Waals surface area (Å²) in [6, 6.07) is 14.9. The van der Waals surface area contributed by atoms with E-state index in [1.807, 2.05) is 23.2 Å². The molecule has 0 unspecified atom stereocenters. The molecule has 2 saturated heterocycles. The number of hydrogen-bond acceptors (Lipinski definition) is 4. The van der Waals surface area contributed by atoms with Crippen molar-refractivity contribution in [1.29, 1.82) is 0 Å². The van der Waals surface area contributed by atoms with Crippen LogP contribution in [0.1, 0.15) is 36.9 Å². The third-order valence-corrected chi connectivity index (χ3v) is 6.74. The third-order valence-electron chi connectivity index (χ3n) is 6.74. The fourth-order valence-electron chi connectivity index (χ4n) is 4.79. The number of halogens is 1. The molecule has 1 aromatic heterocycles. The fraction of sp³-hybridized carbons (Fsp3) is 0.407. The predicted molar refractivity (Wildman–Crippen MR) is 133 cm³/mol. The lowest BCUT2D eigenvalue weighted by atomic mass is 9.99. The van der Waals surface area contributed by atoms with Crippen LogP contribution in [-0.2, 0) is 9.53 Å². The normalized spacial score (nSPS) is 18.8. The topological polar surface area (TPSA) is 51.7 Å². The van der Waals surface area contributed by atoms with Crippen LogP contribution in [0.25, 0.3) is 21.9 Å². The summed E-state index contributed by atoms with van der Waals surface area (Å²) in [5.41, 5.74) is 4.62. The maximum atomic E-state index is 12.5. The lowest BCUT2D eigenvalue weighted by molar-refractivity contribution is -0.142. The first-order valence-electron chi connectivity index (χ1n) is 11.6. The van der Waals surface area contributed by atoms with Crippen molar-refractivity contribution in [1.82, 2.24) is 9.88 Å². The van der Waals surface area contributed by atoms with Crippen LogP contribution in [0, 0.1) is 13.8 Å². The van der Waals surface area contributed by atoms with Crippen LogP contribution >= 0.6 is 12.4 Å². The third kappa shape index (κ3) is 4.99. The van der Waals surface area contributed by atoms with Gasteiger partial charge in [0.2, 0.25) is 0 Å². The van der Waals surface area contributed by atoms with Crippen molar-refractivity contribution >= 4 is 29.1 Å². The van der Waals surface area contributed by atoms with Crippen molar-refractivity contribution in [2.75, 3.05) is 19.7 Å². The molecule has 0 saturated carbocycles. The van der Waals surface area contributed by atoms with Crippen LogP contribution in [0.5, 0.6) is 5.75 Å². The van der Waals surface area contributed by atoms with Gasteiger partial charge in [-0.15, -0.1) is 12.4 Å². The minimum absolute atomic E-state index is 0. The lowest BCUT2D eigenvalue weighted by Crippen LogP contribution is -2.45. The highest BCUT2D eigenvalue weighted by Gasteiger charge is 2.31. The van der Waals surface area contributed by atoms with E-state index in [0.717, 1.165) is 50.2 Å². The van der Waals surface area contributed by atoms with Crippen molar-refractivity contribution in [3.05, 3.63) is 59.9 Å². The van der Waals surface area contributed by atoms with Crippen LogP contribution in [0.4, 0.5) is 0 Å². The minimum atomic E-state index is -0.223. The Balaban J connectivity index is 0.00000259. The molecule has 5 rings (SSSR count). The van der Waals surface area contributed by atoms with Crippen molar-refractivity contribution in [3.63, 3.8) is 0 Å². The van der Waals surface area contributed by atoms with Gasteiger partial charge in [0.25, 0.3) is 5.91 Å². The Morgan fingerprint density at radius 1 is 1.00 bits per heavy atom. The van der Waals surface area contributed by atoms with Crippen molar-refractivity contribution in [3.8, 4) is 16.9 Å². The number of rotatable bonds is 4. The molecule has 1 amide bonds. The minimum Gasteiger partial charge on any atom is -0.490 e. The van der Waals surface area contributed by atoms with Gasteiger partial charge in [-0.2, -0.15) is 0 Å². The number of fused-ring (bicyclic) bond motifs is 1. The highest BCUT2D eigenvalue weighted by atomic mass is 35.5. The second-order valence-corrected chi connectivity index (χ2v) is 8.96. The average molecular weight is 467 g/mol. The summed E-state index contributed by atoms with van der Waals surface area (Å²) in [7, 11) is 0. The Morgan fingerprint density at radius 2 is 1.73 bits per heavy atom. The largest absolute Gasteiger partial charge is 0.490 e. The zero-order valence-electron chi connectivity index (χ0n) is 19.3. The molecular weight excluding hydrogens is 436 g/mol. The summed E-state index contributed by atoms with van der Waals surface area (Å²) in [5, 5.41) is 2.46. The van der Waals surface area contributed by atoms with Gasteiger partial charge in [-0.1, -0.05) is 24.3 Å². The molecular formula is C27H31ClN2O3. The van der Waals surface area contributed by atoms with Crippen molar-refractivity contribution in [2.24, 2.45) is 0 Å². The van der Waals surface area contributed by atoms with Gasteiger partial charge in [0.1, 0.15) is 18.0 Å². The van der Waals surface area contributed by atoms with Gasteiger partial charge in [0.15, 0.2) is 0 Å². The standard InChI is InChI=1S/C27H30N2O3.ClH/c1-18-17-28-19(2)24-10-7-21(16-25(18)24)20-5-8-22(9-6-20)32-23-11-13-29(14-12-23)27(30)26-4-3-15-31-26;/h5-10,16-17,23,26H,3-4,11-15H2,1-2H3;1H/t26-;/m1./s1. The lowest BCUT2D eigenvalue weighted by Gasteiger charge is -2.33. The number of amides is 1. The Kier molecular flexibility index (Phi) is 7.20. The quantitative estimate of drug-likeness (QED) is 0.510. The highest BCUT2D eigenvalue weighted by molar-refractivity contribution is 5.91. The number of piperidine rings is 1. The number of pyridine rings is 1. The molecule has 0 aliphatic carbocycles. The van der Waals surface area contributed by atoms with Gasteiger partial charge in [0, 0.05) is 49.8 Å². The number of ether oxygens (including phenoxy) is 2. The second kappa shape index (κ2) is 10.1. The van der Waals surface area contributed by atoms with Crippen LogP contribution in [-0.4, -0.2) is 47.7 Å². The Bertz CT molecular complexity index is 1120. The summed E-state index contributed by atoms with van der Waals surface area (Å²) < 4.78 is 11.8. The molecule has 3 aromatic rings. The molecule has 3 heterocycles. The number of likely N-dealkylation sites (tertiary alicyclic amines) is 1. The number of aromatic nitrogens is 1. The van der Waals surface area contributed by atoms with Crippen LogP contribution < -0.4 is 4.74 Å². The van der Waals surface area contributed by atoms with Crippen LogP contribution in [0.2, 0.25) is 0 Å². The molecule has 2 fully saturated rings. The number of hydrogen-bond donors (Lipinski definition) is 0. The van der Waals surface area contributed by atoms with E-state index in [0.29, 0.717) is 6.61 Å². The van der Waals surface area contributed by atoms with Crippen LogP contribution in [0.3, 0.4) is 0 Å². The maximum Gasteiger partial charge on any atom is 0.251 e. The Hall–Kier alpha value is -2.63. The van der Waals surface area contributed by atoms with Gasteiger partial charge in [-0.05, 0) is 67.0 Å². The van der Waals surface area contributed by atoms with Gasteiger partial charge in [0.05, 0.1) is 0 Å². The second-order valence-electron chi connectivity index (χ2n) is 8.96. The molecule has 33 heavy (non-hydrogen) atoms. The van der Waals surface area contributed by atoms with E-state index in [2.05, 4.69) is 49.2 Å². The summed E-state index contributed by atoms with van der Waals surface area (Å²) in [4.78, 5) is 18.9. The molecule has 0 spiro atoms. The number of carbonyl (C=O) groups is 1. The summed E-state index contributed by atoms with van der Waals surface area (Å²) >= 11 is 0. The van der Waals surface area contributed by atoms with E-state index in [1.165, 1.54) is 27.5 Å². The number of carbonyl (C=O) groups excluding carboxylic acids is 1. The molecule has 0 radical (unpaired) electrons. The van der Waals surface area contributed by atoms with Gasteiger partial charge >= 0.3 is 0 Å². The first kappa shape index (κ1) is 23.5. The fourth-order valence-corrected chi connectivity index (χ4v) is 4.79.